The number of carbonyl (C=O) groups is 1. The summed E-state index contributed by atoms with van der Waals surface area (Å²) >= 11 is 0. The van der Waals surface area contributed by atoms with Crippen molar-refractivity contribution in [3.63, 3.8) is 0 Å². The Hall–Kier alpha value is -1.79. The summed E-state index contributed by atoms with van der Waals surface area (Å²) in [7, 11) is 1.61. The highest BCUT2D eigenvalue weighted by molar-refractivity contribution is 5.89. The molecular formula is C16H25N3O3. The summed E-state index contributed by atoms with van der Waals surface area (Å²) in [5, 5.41) is 12.6. The average molecular weight is 307 g/mol. The molecule has 0 aromatic heterocycles. The Kier molecular flexibility index (Phi) is 6.03. The van der Waals surface area contributed by atoms with Gasteiger partial charge in [0.15, 0.2) is 0 Å². The molecule has 2 N–H and O–H groups in total. The number of piperazine rings is 1. The fraction of sp³-hybridized carbons (Fsp3) is 0.562. The fourth-order valence-corrected chi connectivity index (χ4v) is 2.44. The van der Waals surface area contributed by atoms with Gasteiger partial charge in [0.1, 0.15) is 5.75 Å². The molecule has 0 spiro atoms. The molecule has 122 valence electrons. The van der Waals surface area contributed by atoms with Crippen LogP contribution >= 0.6 is 0 Å². The predicted octanol–water partition coefficient (Wildman–Crippen LogP) is 1.62. The van der Waals surface area contributed by atoms with Crippen LogP contribution in [0.2, 0.25) is 0 Å². The monoisotopic (exact) mass is 307 g/mol. The lowest BCUT2D eigenvalue weighted by Gasteiger charge is -2.35. The molecule has 0 saturated carbocycles. The molecule has 0 bridgehead atoms. The number of ether oxygens (including phenoxy) is 1. The van der Waals surface area contributed by atoms with Gasteiger partial charge in [0.25, 0.3) is 0 Å². The van der Waals surface area contributed by atoms with Crippen molar-refractivity contribution in [3.05, 3.63) is 24.3 Å². The van der Waals surface area contributed by atoms with Gasteiger partial charge in [-0.15, -0.1) is 0 Å². The molecule has 2 amide bonds. The number of amides is 2. The minimum absolute atomic E-state index is 0.0825. The third-order valence-electron chi connectivity index (χ3n) is 3.94. The van der Waals surface area contributed by atoms with Crippen LogP contribution in [0.4, 0.5) is 10.5 Å². The third kappa shape index (κ3) is 4.61. The standard InChI is InChI=1S/C16H25N3O3/c1-3-14(20)12-18-8-10-19(11-9-18)16(21)17-13-4-6-15(22-2)7-5-13/h4-7,14,20H,3,8-12H2,1-2H3,(H,17,21). The largest absolute Gasteiger partial charge is 0.497 e. The zero-order valence-corrected chi connectivity index (χ0v) is 13.3. The molecule has 1 fully saturated rings. The number of β-amino-alcohol motifs (C(OH)–C–C–N with tert-alkyl or cyclic N) is 1. The number of hydrogen-bond acceptors (Lipinski definition) is 4. The minimum atomic E-state index is -0.278. The molecule has 1 saturated heterocycles. The number of urea groups is 1. The SMILES string of the molecule is CCC(O)CN1CCN(C(=O)Nc2ccc(OC)cc2)CC1. The van der Waals surface area contributed by atoms with E-state index in [4.69, 9.17) is 4.74 Å². The molecule has 1 aromatic carbocycles. The first kappa shape index (κ1) is 16.6. The van der Waals surface area contributed by atoms with Gasteiger partial charge in [-0.25, -0.2) is 4.79 Å². The van der Waals surface area contributed by atoms with Crippen molar-refractivity contribution in [1.29, 1.82) is 0 Å². The van der Waals surface area contributed by atoms with Crippen molar-refractivity contribution in [1.82, 2.24) is 9.80 Å². The van der Waals surface area contributed by atoms with Crippen LogP contribution in [0.25, 0.3) is 0 Å². The van der Waals surface area contributed by atoms with Gasteiger partial charge in [-0.3, -0.25) is 4.90 Å². The highest BCUT2D eigenvalue weighted by Gasteiger charge is 2.22. The Morgan fingerprint density at radius 1 is 1.27 bits per heavy atom. The fourth-order valence-electron chi connectivity index (χ4n) is 2.44. The van der Waals surface area contributed by atoms with Gasteiger partial charge < -0.3 is 20.1 Å². The van der Waals surface area contributed by atoms with Crippen LogP contribution in [0.3, 0.4) is 0 Å². The lowest BCUT2D eigenvalue weighted by Crippen LogP contribution is -2.51. The molecule has 1 atom stereocenters. The van der Waals surface area contributed by atoms with E-state index in [1.54, 1.807) is 12.0 Å². The van der Waals surface area contributed by atoms with Gasteiger partial charge in [0.2, 0.25) is 0 Å². The Morgan fingerprint density at radius 3 is 2.45 bits per heavy atom. The van der Waals surface area contributed by atoms with Gasteiger partial charge in [-0.2, -0.15) is 0 Å². The number of aliphatic hydroxyl groups excluding tert-OH is 1. The zero-order valence-electron chi connectivity index (χ0n) is 13.3. The second kappa shape index (κ2) is 8.00. The smallest absolute Gasteiger partial charge is 0.321 e. The molecule has 1 aliphatic rings. The van der Waals surface area contributed by atoms with Crippen LogP contribution < -0.4 is 10.1 Å². The van der Waals surface area contributed by atoms with E-state index >= 15 is 0 Å². The molecule has 0 aliphatic carbocycles. The zero-order chi connectivity index (χ0) is 15.9. The second-order valence-electron chi connectivity index (χ2n) is 5.51. The number of nitrogens with zero attached hydrogens (tertiary/aromatic N) is 2. The summed E-state index contributed by atoms with van der Waals surface area (Å²) in [4.78, 5) is 16.2. The summed E-state index contributed by atoms with van der Waals surface area (Å²) in [5.74, 6) is 0.765. The lowest BCUT2D eigenvalue weighted by molar-refractivity contribution is 0.0812. The maximum atomic E-state index is 12.2. The van der Waals surface area contributed by atoms with Crippen LogP contribution in [0.1, 0.15) is 13.3 Å². The molecule has 1 aliphatic heterocycles. The van der Waals surface area contributed by atoms with Crippen LogP contribution in [0, 0.1) is 0 Å². The number of aliphatic hydroxyl groups is 1. The topological polar surface area (TPSA) is 65.0 Å². The van der Waals surface area contributed by atoms with E-state index in [0.29, 0.717) is 19.6 Å². The molecule has 6 nitrogen and oxygen atoms in total. The van der Waals surface area contributed by atoms with E-state index in [0.717, 1.165) is 30.9 Å². The summed E-state index contributed by atoms with van der Waals surface area (Å²) in [6.07, 6.45) is 0.484. The van der Waals surface area contributed by atoms with Crippen molar-refractivity contribution in [2.75, 3.05) is 45.2 Å². The van der Waals surface area contributed by atoms with Gasteiger partial charge in [-0.1, -0.05) is 6.92 Å². The van der Waals surface area contributed by atoms with Crippen molar-refractivity contribution in [2.45, 2.75) is 19.4 Å². The average Bonchev–Trinajstić information content (AvgIpc) is 2.56. The first-order valence-corrected chi connectivity index (χ1v) is 7.72. The van der Waals surface area contributed by atoms with E-state index in [-0.39, 0.29) is 12.1 Å². The van der Waals surface area contributed by atoms with E-state index in [2.05, 4.69) is 10.2 Å². The molecule has 2 rings (SSSR count). The number of rotatable bonds is 5. The lowest BCUT2D eigenvalue weighted by atomic mass is 10.2. The minimum Gasteiger partial charge on any atom is -0.497 e. The van der Waals surface area contributed by atoms with Gasteiger partial charge in [0.05, 0.1) is 13.2 Å². The van der Waals surface area contributed by atoms with Crippen molar-refractivity contribution < 1.29 is 14.6 Å². The van der Waals surface area contributed by atoms with Gasteiger partial charge >= 0.3 is 6.03 Å². The summed E-state index contributed by atoms with van der Waals surface area (Å²) in [6.45, 7) is 5.62. The van der Waals surface area contributed by atoms with E-state index in [1.807, 2.05) is 31.2 Å². The number of nitrogens with one attached hydrogen (secondary N) is 1. The van der Waals surface area contributed by atoms with Crippen LogP contribution in [-0.4, -0.2) is 66.9 Å². The number of hydrogen-bond donors (Lipinski definition) is 2. The normalized spacial score (nSPS) is 17.1. The molecule has 6 heteroatoms. The van der Waals surface area contributed by atoms with Crippen molar-refractivity contribution >= 4 is 11.7 Å². The van der Waals surface area contributed by atoms with E-state index in [9.17, 15) is 9.90 Å². The Bertz CT molecular complexity index is 470. The number of anilines is 1. The number of benzene rings is 1. The Balaban J connectivity index is 1.79. The Morgan fingerprint density at radius 2 is 1.91 bits per heavy atom. The second-order valence-corrected chi connectivity index (χ2v) is 5.51. The third-order valence-corrected chi connectivity index (χ3v) is 3.94. The highest BCUT2D eigenvalue weighted by atomic mass is 16.5. The number of carbonyl (C=O) groups excluding carboxylic acids is 1. The maximum Gasteiger partial charge on any atom is 0.321 e. The highest BCUT2D eigenvalue weighted by Crippen LogP contribution is 2.16. The summed E-state index contributed by atoms with van der Waals surface area (Å²) in [6, 6.07) is 7.20. The molecule has 22 heavy (non-hydrogen) atoms. The predicted molar refractivity (Wildman–Crippen MR) is 86.3 cm³/mol. The molecule has 1 unspecified atom stereocenters. The van der Waals surface area contributed by atoms with Crippen LogP contribution in [0.5, 0.6) is 5.75 Å². The van der Waals surface area contributed by atoms with Gasteiger partial charge in [-0.05, 0) is 30.7 Å². The van der Waals surface area contributed by atoms with Crippen LogP contribution in [0.15, 0.2) is 24.3 Å². The molecule has 0 radical (unpaired) electrons. The number of methoxy groups -OCH3 is 1. The van der Waals surface area contributed by atoms with Gasteiger partial charge in [0, 0.05) is 38.4 Å². The quantitative estimate of drug-likeness (QED) is 0.867. The Labute approximate surface area is 131 Å². The summed E-state index contributed by atoms with van der Waals surface area (Å²) < 4.78 is 5.09. The van der Waals surface area contributed by atoms with E-state index < -0.39 is 0 Å². The molecular weight excluding hydrogens is 282 g/mol. The van der Waals surface area contributed by atoms with Crippen LogP contribution in [-0.2, 0) is 0 Å². The maximum absolute atomic E-state index is 12.2. The van der Waals surface area contributed by atoms with Crippen molar-refractivity contribution in [2.24, 2.45) is 0 Å². The summed E-state index contributed by atoms with van der Waals surface area (Å²) in [5.41, 5.74) is 0.759. The van der Waals surface area contributed by atoms with Crippen molar-refractivity contribution in [3.8, 4) is 5.75 Å². The molecule has 1 aromatic rings. The first-order chi connectivity index (χ1) is 10.6. The first-order valence-electron chi connectivity index (χ1n) is 7.72. The van der Waals surface area contributed by atoms with E-state index in [1.165, 1.54) is 0 Å². The molecule has 1 heterocycles.